The monoisotopic (exact) mass is 387 g/mol. The summed E-state index contributed by atoms with van der Waals surface area (Å²) < 4.78 is 1.13. The molecule has 0 N–H and O–H groups in total. The van der Waals surface area contributed by atoms with Gasteiger partial charge in [-0.1, -0.05) is 25.3 Å². The number of rotatable bonds is 4. The molecule has 0 amide bonds. The smallest absolute Gasteiger partial charge is 0.230 e. The SMILES string of the molecule is CCN(c1nc(C)cc(C)n1)c1ccc(C2CCCCC2)cc1Br. The molecule has 1 fully saturated rings. The molecule has 0 unspecified atom stereocenters. The Kier molecular flexibility index (Phi) is 5.54. The summed E-state index contributed by atoms with van der Waals surface area (Å²) in [6, 6.07) is 8.83. The van der Waals surface area contributed by atoms with Gasteiger partial charge in [0.05, 0.1) is 5.69 Å². The van der Waals surface area contributed by atoms with Crippen LogP contribution < -0.4 is 4.90 Å². The molecule has 0 radical (unpaired) electrons. The fourth-order valence-corrected chi connectivity index (χ4v) is 4.29. The summed E-state index contributed by atoms with van der Waals surface area (Å²) in [5.74, 6) is 1.50. The molecular formula is C20H26BrN3. The molecule has 0 saturated heterocycles. The number of aromatic nitrogens is 2. The van der Waals surface area contributed by atoms with Crippen LogP contribution in [0.25, 0.3) is 0 Å². The van der Waals surface area contributed by atoms with E-state index in [2.05, 4.69) is 55.9 Å². The van der Waals surface area contributed by atoms with Gasteiger partial charge in [-0.05, 0) is 79.2 Å². The van der Waals surface area contributed by atoms with E-state index in [0.29, 0.717) is 0 Å². The van der Waals surface area contributed by atoms with Crippen LogP contribution in [0.15, 0.2) is 28.7 Å². The van der Waals surface area contributed by atoms with Gasteiger partial charge >= 0.3 is 0 Å². The highest BCUT2D eigenvalue weighted by Gasteiger charge is 2.19. The van der Waals surface area contributed by atoms with Crippen molar-refractivity contribution in [1.29, 1.82) is 0 Å². The number of hydrogen-bond acceptors (Lipinski definition) is 3. The van der Waals surface area contributed by atoms with Gasteiger partial charge in [-0.3, -0.25) is 0 Å². The van der Waals surface area contributed by atoms with E-state index in [-0.39, 0.29) is 0 Å². The standard InChI is InChI=1S/C20H26BrN3/c1-4-24(20-22-14(2)12-15(3)23-20)19-11-10-17(13-18(19)21)16-8-6-5-7-9-16/h10-13,16H,4-9H2,1-3H3. The second-order valence-corrected chi connectivity index (χ2v) is 7.60. The maximum atomic E-state index is 4.63. The topological polar surface area (TPSA) is 29.0 Å². The predicted octanol–water partition coefficient (Wildman–Crippen LogP) is 6.06. The molecule has 1 saturated carbocycles. The molecule has 0 bridgehead atoms. The summed E-state index contributed by atoms with van der Waals surface area (Å²) in [6.45, 7) is 7.02. The van der Waals surface area contributed by atoms with Gasteiger partial charge in [-0.2, -0.15) is 0 Å². The van der Waals surface area contributed by atoms with E-state index in [1.807, 2.05) is 19.9 Å². The molecule has 3 rings (SSSR count). The highest BCUT2D eigenvalue weighted by atomic mass is 79.9. The number of benzene rings is 1. The van der Waals surface area contributed by atoms with Crippen LogP contribution in [-0.4, -0.2) is 16.5 Å². The lowest BCUT2D eigenvalue weighted by atomic mass is 9.84. The third kappa shape index (κ3) is 3.80. The first-order valence-electron chi connectivity index (χ1n) is 8.97. The van der Waals surface area contributed by atoms with Crippen LogP contribution in [0.3, 0.4) is 0 Å². The molecule has 1 aromatic heterocycles. The largest absolute Gasteiger partial charge is 0.310 e. The van der Waals surface area contributed by atoms with Crippen molar-refractivity contribution in [1.82, 2.24) is 9.97 Å². The van der Waals surface area contributed by atoms with Crippen LogP contribution in [0.4, 0.5) is 11.6 Å². The van der Waals surface area contributed by atoms with Crippen molar-refractivity contribution in [2.45, 2.75) is 58.8 Å². The first-order valence-corrected chi connectivity index (χ1v) is 9.77. The maximum Gasteiger partial charge on any atom is 0.230 e. The molecule has 0 aliphatic heterocycles. The molecule has 0 atom stereocenters. The number of nitrogens with zero attached hydrogens (tertiary/aromatic N) is 3. The van der Waals surface area contributed by atoms with E-state index in [4.69, 9.17) is 0 Å². The van der Waals surface area contributed by atoms with Gasteiger partial charge in [0.2, 0.25) is 5.95 Å². The zero-order chi connectivity index (χ0) is 17.1. The van der Waals surface area contributed by atoms with Gasteiger partial charge in [-0.15, -0.1) is 0 Å². The lowest BCUT2D eigenvalue weighted by Gasteiger charge is -2.26. The van der Waals surface area contributed by atoms with Crippen LogP contribution in [0.2, 0.25) is 0 Å². The molecule has 1 heterocycles. The van der Waals surface area contributed by atoms with Crippen molar-refractivity contribution < 1.29 is 0 Å². The van der Waals surface area contributed by atoms with E-state index in [0.717, 1.165) is 40.0 Å². The summed E-state index contributed by atoms with van der Waals surface area (Å²) in [6.07, 6.45) is 6.76. The third-order valence-electron chi connectivity index (χ3n) is 4.87. The average Bonchev–Trinajstić information content (AvgIpc) is 2.57. The van der Waals surface area contributed by atoms with Crippen molar-refractivity contribution in [3.8, 4) is 0 Å². The average molecular weight is 388 g/mol. The molecule has 1 aliphatic rings. The second-order valence-electron chi connectivity index (χ2n) is 6.74. The molecular weight excluding hydrogens is 362 g/mol. The van der Waals surface area contributed by atoms with Crippen molar-refractivity contribution >= 4 is 27.6 Å². The molecule has 128 valence electrons. The van der Waals surface area contributed by atoms with Crippen molar-refractivity contribution in [3.63, 3.8) is 0 Å². The predicted molar refractivity (Wildman–Crippen MR) is 104 cm³/mol. The molecule has 1 aromatic carbocycles. The van der Waals surface area contributed by atoms with Crippen LogP contribution in [0, 0.1) is 13.8 Å². The fourth-order valence-electron chi connectivity index (χ4n) is 3.68. The minimum Gasteiger partial charge on any atom is -0.310 e. The van der Waals surface area contributed by atoms with E-state index in [1.165, 1.54) is 37.7 Å². The minimum absolute atomic E-state index is 0.719. The molecule has 0 spiro atoms. The third-order valence-corrected chi connectivity index (χ3v) is 5.50. The van der Waals surface area contributed by atoms with Gasteiger partial charge in [-0.25, -0.2) is 9.97 Å². The van der Waals surface area contributed by atoms with Gasteiger partial charge in [0.15, 0.2) is 0 Å². The van der Waals surface area contributed by atoms with Crippen LogP contribution in [0.1, 0.15) is 61.9 Å². The van der Waals surface area contributed by atoms with Crippen molar-refractivity contribution in [2.75, 3.05) is 11.4 Å². The summed E-state index contributed by atoms with van der Waals surface area (Å²) in [4.78, 5) is 11.4. The van der Waals surface area contributed by atoms with Crippen molar-refractivity contribution in [2.24, 2.45) is 0 Å². The number of anilines is 2. The zero-order valence-electron chi connectivity index (χ0n) is 14.8. The fraction of sp³-hybridized carbons (Fsp3) is 0.500. The summed E-state index contributed by atoms with van der Waals surface area (Å²) in [5, 5.41) is 0. The lowest BCUT2D eigenvalue weighted by molar-refractivity contribution is 0.443. The quantitative estimate of drug-likeness (QED) is 0.637. The normalized spacial score (nSPS) is 15.5. The Hall–Kier alpha value is -1.42. The van der Waals surface area contributed by atoms with Crippen LogP contribution >= 0.6 is 15.9 Å². The van der Waals surface area contributed by atoms with Gasteiger partial charge < -0.3 is 4.90 Å². The van der Waals surface area contributed by atoms with Gasteiger partial charge in [0.1, 0.15) is 0 Å². The summed E-state index contributed by atoms with van der Waals surface area (Å²) >= 11 is 3.79. The van der Waals surface area contributed by atoms with E-state index in [1.54, 1.807) is 0 Å². The Morgan fingerprint density at radius 3 is 2.29 bits per heavy atom. The lowest BCUT2D eigenvalue weighted by Crippen LogP contribution is -2.20. The zero-order valence-corrected chi connectivity index (χ0v) is 16.4. The Labute approximate surface area is 153 Å². The molecule has 2 aromatic rings. The van der Waals surface area contributed by atoms with Crippen molar-refractivity contribution in [3.05, 3.63) is 45.7 Å². The molecule has 3 nitrogen and oxygen atoms in total. The van der Waals surface area contributed by atoms with E-state index < -0.39 is 0 Å². The van der Waals surface area contributed by atoms with Crippen LogP contribution in [-0.2, 0) is 0 Å². The van der Waals surface area contributed by atoms with Gasteiger partial charge in [0.25, 0.3) is 0 Å². The molecule has 24 heavy (non-hydrogen) atoms. The number of halogens is 1. The highest BCUT2D eigenvalue weighted by molar-refractivity contribution is 9.10. The minimum atomic E-state index is 0.719. The maximum absolute atomic E-state index is 4.63. The highest BCUT2D eigenvalue weighted by Crippen LogP contribution is 2.37. The Morgan fingerprint density at radius 2 is 1.71 bits per heavy atom. The van der Waals surface area contributed by atoms with Crippen LogP contribution in [0.5, 0.6) is 0 Å². The van der Waals surface area contributed by atoms with E-state index in [9.17, 15) is 0 Å². The summed E-state index contributed by atoms with van der Waals surface area (Å²) in [5.41, 5.74) is 4.61. The number of hydrogen-bond donors (Lipinski definition) is 0. The first-order chi connectivity index (χ1) is 11.6. The van der Waals surface area contributed by atoms with E-state index >= 15 is 0 Å². The summed E-state index contributed by atoms with van der Waals surface area (Å²) in [7, 11) is 0. The Bertz CT molecular complexity index is 688. The molecule has 1 aliphatic carbocycles. The molecule has 4 heteroatoms. The number of aryl methyl sites for hydroxylation is 2. The Morgan fingerprint density at radius 1 is 1.04 bits per heavy atom. The van der Waals surface area contributed by atoms with Gasteiger partial charge in [0, 0.05) is 22.4 Å². The first kappa shape index (κ1) is 17.4. The Balaban J connectivity index is 1.91. The second kappa shape index (κ2) is 7.64.